The average Bonchev–Trinajstić information content (AvgIpc) is 2.40. The molecule has 0 fully saturated rings. The van der Waals surface area contributed by atoms with Crippen molar-refractivity contribution in [2.75, 3.05) is 11.9 Å². The van der Waals surface area contributed by atoms with E-state index in [1.807, 2.05) is 19.2 Å². The molecule has 0 N–H and O–H groups in total. The van der Waals surface area contributed by atoms with Crippen molar-refractivity contribution in [1.29, 1.82) is 0 Å². The molecule has 0 radical (unpaired) electrons. The van der Waals surface area contributed by atoms with E-state index in [0.717, 1.165) is 23.8 Å². The molecule has 2 heterocycles. The van der Waals surface area contributed by atoms with Crippen LogP contribution in [-0.2, 0) is 12.0 Å². The summed E-state index contributed by atoms with van der Waals surface area (Å²) in [5, 5.41) is 0.508. The molecule has 0 saturated carbocycles. The highest BCUT2D eigenvalue weighted by molar-refractivity contribution is 6.29. The summed E-state index contributed by atoms with van der Waals surface area (Å²) in [7, 11) is 2.00. The summed E-state index contributed by atoms with van der Waals surface area (Å²) in [4.78, 5) is 15.1. The monoisotopic (exact) mass is 290 g/mol. The van der Waals surface area contributed by atoms with Crippen LogP contribution in [0.5, 0.6) is 0 Å². The molecule has 4 nitrogen and oxygen atoms in total. The molecule has 0 amide bonds. The fraction of sp³-hybridized carbons (Fsp3) is 0.400. The summed E-state index contributed by atoms with van der Waals surface area (Å²) in [5.41, 5.74) is 1.03. The van der Waals surface area contributed by atoms with Crippen molar-refractivity contribution in [3.8, 4) is 0 Å². The van der Waals surface area contributed by atoms with Crippen LogP contribution in [-0.4, -0.2) is 22.0 Å². The number of nitrogens with zero attached hydrogens (tertiary/aromatic N) is 4. The van der Waals surface area contributed by atoms with Crippen molar-refractivity contribution in [1.82, 2.24) is 15.0 Å². The first-order valence-electron chi connectivity index (χ1n) is 6.51. The quantitative estimate of drug-likeness (QED) is 0.812. The fourth-order valence-corrected chi connectivity index (χ4v) is 1.89. The van der Waals surface area contributed by atoms with E-state index in [1.54, 1.807) is 18.5 Å². The molecule has 20 heavy (non-hydrogen) atoms. The molecule has 0 aliphatic rings. The molecule has 0 spiro atoms. The summed E-state index contributed by atoms with van der Waals surface area (Å²) >= 11 is 5.79. The minimum Gasteiger partial charge on any atom is -0.355 e. The van der Waals surface area contributed by atoms with Gasteiger partial charge in [-0.2, -0.15) is 0 Å². The van der Waals surface area contributed by atoms with E-state index in [0.29, 0.717) is 5.15 Å². The maximum atomic E-state index is 5.79. The van der Waals surface area contributed by atoms with Crippen LogP contribution in [0.25, 0.3) is 0 Å². The molecule has 2 aromatic heterocycles. The third-order valence-corrected chi connectivity index (χ3v) is 3.13. The van der Waals surface area contributed by atoms with Crippen molar-refractivity contribution in [3.63, 3.8) is 0 Å². The summed E-state index contributed by atoms with van der Waals surface area (Å²) in [6, 6.07) is 5.68. The van der Waals surface area contributed by atoms with E-state index in [2.05, 4.69) is 40.6 Å². The van der Waals surface area contributed by atoms with Gasteiger partial charge in [0.25, 0.3) is 0 Å². The molecule has 106 valence electrons. The molecule has 2 aromatic rings. The van der Waals surface area contributed by atoms with Crippen LogP contribution >= 0.6 is 11.6 Å². The Bertz CT molecular complexity index is 575. The lowest BCUT2D eigenvalue weighted by molar-refractivity contribution is 0.544. The Hall–Kier alpha value is -1.68. The third kappa shape index (κ3) is 3.67. The number of hydrogen-bond acceptors (Lipinski definition) is 4. The van der Waals surface area contributed by atoms with Crippen molar-refractivity contribution in [3.05, 3.63) is 47.1 Å². The van der Waals surface area contributed by atoms with Crippen molar-refractivity contribution in [2.45, 2.75) is 32.7 Å². The molecule has 5 heteroatoms. The van der Waals surface area contributed by atoms with Gasteiger partial charge in [-0.15, -0.1) is 0 Å². The Kier molecular flexibility index (Phi) is 4.23. The second-order valence-electron chi connectivity index (χ2n) is 5.83. The van der Waals surface area contributed by atoms with Crippen LogP contribution in [0.2, 0.25) is 5.15 Å². The second kappa shape index (κ2) is 5.75. The second-order valence-corrected chi connectivity index (χ2v) is 6.22. The first-order valence-corrected chi connectivity index (χ1v) is 6.89. The normalized spacial score (nSPS) is 11.4. The van der Waals surface area contributed by atoms with Gasteiger partial charge in [0.1, 0.15) is 16.8 Å². The molecular weight excluding hydrogens is 272 g/mol. The topological polar surface area (TPSA) is 41.9 Å². The number of rotatable bonds is 3. The summed E-state index contributed by atoms with van der Waals surface area (Å²) in [5.74, 6) is 1.75. The Morgan fingerprint density at radius 3 is 2.50 bits per heavy atom. The van der Waals surface area contributed by atoms with E-state index in [1.165, 1.54) is 0 Å². The SMILES string of the molecule is CN(Cc1ccc(Cl)nc1)c1ccnc(C(C)(C)C)n1. The van der Waals surface area contributed by atoms with Gasteiger partial charge in [-0.3, -0.25) is 0 Å². The number of anilines is 1. The lowest BCUT2D eigenvalue weighted by atomic mass is 9.96. The zero-order valence-corrected chi connectivity index (χ0v) is 13.0. The highest BCUT2D eigenvalue weighted by atomic mass is 35.5. The molecular formula is C15H19ClN4. The highest BCUT2D eigenvalue weighted by Gasteiger charge is 2.18. The van der Waals surface area contributed by atoms with Crippen LogP contribution in [0, 0.1) is 0 Å². The maximum Gasteiger partial charge on any atom is 0.135 e. The van der Waals surface area contributed by atoms with Crippen LogP contribution in [0.4, 0.5) is 5.82 Å². The highest BCUT2D eigenvalue weighted by Crippen LogP contribution is 2.20. The van der Waals surface area contributed by atoms with Crippen molar-refractivity contribution in [2.24, 2.45) is 0 Å². The summed E-state index contributed by atoms with van der Waals surface area (Å²) < 4.78 is 0. The lowest BCUT2D eigenvalue weighted by Gasteiger charge is -2.21. The van der Waals surface area contributed by atoms with E-state index >= 15 is 0 Å². The van der Waals surface area contributed by atoms with Gasteiger partial charge in [0.05, 0.1) is 0 Å². The average molecular weight is 291 g/mol. The van der Waals surface area contributed by atoms with Gasteiger partial charge in [-0.25, -0.2) is 15.0 Å². The van der Waals surface area contributed by atoms with Crippen LogP contribution in [0.3, 0.4) is 0 Å². The van der Waals surface area contributed by atoms with Gasteiger partial charge >= 0.3 is 0 Å². The van der Waals surface area contributed by atoms with Gasteiger partial charge in [-0.1, -0.05) is 38.4 Å². The van der Waals surface area contributed by atoms with Gasteiger partial charge in [0.15, 0.2) is 0 Å². The first kappa shape index (κ1) is 14.7. The standard InChI is InChI=1S/C15H19ClN4/c1-15(2,3)14-17-8-7-13(19-14)20(4)10-11-5-6-12(16)18-9-11/h5-9H,10H2,1-4H3. The number of hydrogen-bond donors (Lipinski definition) is 0. The van der Waals surface area contributed by atoms with Crippen LogP contribution < -0.4 is 4.90 Å². The van der Waals surface area contributed by atoms with Crippen molar-refractivity contribution >= 4 is 17.4 Å². The van der Waals surface area contributed by atoms with E-state index in [4.69, 9.17) is 11.6 Å². The summed E-state index contributed by atoms with van der Waals surface area (Å²) in [6.45, 7) is 7.05. The Morgan fingerprint density at radius 1 is 1.15 bits per heavy atom. The Labute approximate surface area is 124 Å². The fourth-order valence-electron chi connectivity index (χ4n) is 1.78. The van der Waals surface area contributed by atoms with Gasteiger partial charge < -0.3 is 4.90 Å². The third-order valence-electron chi connectivity index (χ3n) is 2.91. The number of halogens is 1. The van der Waals surface area contributed by atoms with Crippen LogP contribution in [0.1, 0.15) is 32.2 Å². The molecule has 0 aliphatic heterocycles. The Morgan fingerprint density at radius 2 is 1.90 bits per heavy atom. The van der Waals surface area contributed by atoms with E-state index < -0.39 is 0 Å². The zero-order valence-electron chi connectivity index (χ0n) is 12.3. The zero-order chi connectivity index (χ0) is 14.8. The molecule has 0 atom stereocenters. The molecule has 0 bridgehead atoms. The van der Waals surface area contributed by atoms with Crippen molar-refractivity contribution < 1.29 is 0 Å². The minimum atomic E-state index is -0.0569. The minimum absolute atomic E-state index is 0.0569. The van der Waals surface area contributed by atoms with Crippen LogP contribution in [0.15, 0.2) is 30.6 Å². The van der Waals surface area contributed by atoms with Gasteiger partial charge in [0, 0.05) is 31.4 Å². The maximum absolute atomic E-state index is 5.79. The van der Waals surface area contributed by atoms with E-state index in [9.17, 15) is 0 Å². The summed E-state index contributed by atoms with van der Waals surface area (Å²) in [6.07, 6.45) is 3.59. The van der Waals surface area contributed by atoms with Gasteiger partial charge in [-0.05, 0) is 17.7 Å². The largest absolute Gasteiger partial charge is 0.355 e. The van der Waals surface area contributed by atoms with E-state index in [-0.39, 0.29) is 5.41 Å². The smallest absolute Gasteiger partial charge is 0.135 e. The lowest BCUT2D eigenvalue weighted by Crippen LogP contribution is -2.21. The number of pyridine rings is 1. The molecule has 0 saturated heterocycles. The molecule has 0 unspecified atom stereocenters. The molecule has 2 rings (SSSR count). The predicted octanol–water partition coefficient (Wildman–Crippen LogP) is 3.46. The Balaban J connectivity index is 2.17. The molecule has 0 aromatic carbocycles. The van der Waals surface area contributed by atoms with Gasteiger partial charge in [0.2, 0.25) is 0 Å². The predicted molar refractivity (Wildman–Crippen MR) is 82.1 cm³/mol. The first-order chi connectivity index (χ1) is 9.36. The molecule has 0 aliphatic carbocycles. The number of aromatic nitrogens is 3.